The predicted molar refractivity (Wildman–Crippen MR) is 101 cm³/mol. The van der Waals surface area contributed by atoms with Crippen molar-refractivity contribution in [3.05, 3.63) is 39.2 Å². The van der Waals surface area contributed by atoms with Crippen molar-refractivity contribution in [3.8, 4) is 0 Å². The molecule has 2 atom stereocenters. The van der Waals surface area contributed by atoms with E-state index in [9.17, 15) is 14.7 Å². The Hall–Kier alpha value is -2.52. The molecule has 1 aliphatic heterocycles. The molecule has 1 aromatic heterocycles. The van der Waals surface area contributed by atoms with E-state index in [0.29, 0.717) is 25.9 Å². The second kappa shape index (κ2) is 6.25. The van der Waals surface area contributed by atoms with Gasteiger partial charge in [-0.05, 0) is 26.7 Å². The van der Waals surface area contributed by atoms with Crippen LogP contribution in [0.25, 0.3) is 10.9 Å². The Morgan fingerprint density at radius 3 is 2.61 bits per heavy atom. The molecule has 1 aromatic carbocycles. The number of benzene rings is 1. The molecular weight excluding hydrogens is 370 g/mol. The molecule has 4 rings (SSSR count). The maximum Gasteiger partial charge on any atom is 0.341 e. The van der Waals surface area contributed by atoms with Crippen LogP contribution in [0.3, 0.4) is 0 Å². The number of nitrogens with two attached hydrogens (primary N) is 1. The molecule has 1 saturated carbocycles. The van der Waals surface area contributed by atoms with Crippen LogP contribution in [0.5, 0.6) is 0 Å². The lowest BCUT2D eigenvalue weighted by Crippen LogP contribution is -2.55. The lowest BCUT2D eigenvalue weighted by Gasteiger charge is -2.40. The van der Waals surface area contributed by atoms with Gasteiger partial charge < -0.3 is 26.0 Å². The number of hydrogen-bond acceptors (Lipinski definition) is 5. The summed E-state index contributed by atoms with van der Waals surface area (Å²) < 4.78 is 31.2. The molecule has 0 spiro atoms. The number of carboxylic acid groups (broad SMARTS) is 1. The van der Waals surface area contributed by atoms with Gasteiger partial charge in [0, 0.05) is 42.5 Å². The summed E-state index contributed by atoms with van der Waals surface area (Å²) in [6.07, 6.45) is 1.82. The zero-order valence-electron chi connectivity index (χ0n) is 15.6. The van der Waals surface area contributed by atoms with Crippen LogP contribution in [0.2, 0.25) is 0 Å². The van der Waals surface area contributed by atoms with Gasteiger partial charge in [0.1, 0.15) is 11.3 Å². The standard InChI is InChI=1S/C19H22F2N4O3/c1-8-7-25(9(2)5-23-8)16-13(20)12(19(22)3-4-19)11-15(14(16)21)24-6-10(17(11)26)18(27)28/h6,8-9,23H,3-5,7,22H2,1-2H3,(H,24,26)(H,27,28). The van der Waals surface area contributed by atoms with E-state index in [2.05, 4.69) is 10.3 Å². The third-order valence-electron chi connectivity index (χ3n) is 5.76. The first-order valence-electron chi connectivity index (χ1n) is 9.24. The van der Waals surface area contributed by atoms with Crippen molar-refractivity contribution in [1.82, 2.24) is 10.3 Å². The second-order valence-corrected chi connectivity index (χ2v) is 7.91. The number of nitrogens with zero attached hydrogens (tertiary/aromatic N) is 1. The number of carbonyl (C=O) groups is 1. The summed E-state index contributed by atoms with van der Waals surface area (Å²) in [6, 6.07) is -0.154. The fourth-order valence-electron chi connectivity index (χ4n) is 3.98. The van der Waals surface area contributed by atoms with E-state index in [4.69, 9.17) is 5.73 Å². The predicted octanol–water partition coefficient (Wildman–Crippen LogP) is 1.64. The Morgan fingerprint density at radius 1 is 1.32 bits per heavy atom. The molecule has 0 radical (unpaired) electrons. The fraction of sp³-hybridized carbons (Fsp3) is 0.474. The number of carboxylic acids is 1. The minimum atomic E-state index is -1.47. The van der Waals surface area contributed by atoms with Crippen LogP contribution < -0.4 is 21.4 Å². The van der Waals surface area contributed by atoms with Crippen LogP contribution in [-0.2, 0) is 5.54 Å². The van der Waals surface area contributed by atoms with Gasteiger partial charge in [-0.1, -0.05) is 0 Å². The van der Waals surface area contributed by atoms with Crippen molar-refractivity contribution in [2.24, 2.45) is 5.73 Å². The number of pyridine rings is 1. The average molecular weight is 392 g/mol. The van der Waals surface area contributed by atoms with Crippen molar-refractivity contribution in [2.75, 3.05) is 18.0 Å². The molecule has 28 heavy (non-hydrogen) atoms. The maximum absolute atomic E-state index is 15.7. The number of aromatic nitrogens is 1. The lowest BCUT2D eigenvalue weighted by molar-refractivity contribution is 0.0695. The summed E-state index contributed by atoms with van der Waals surface area (Å²) in [7, 11) is 0. The van der Waals surface area contributed by atoms with Crippen LogP contribution >= 0.6 is 0 Å². The molecule has 2 heterocycles. The summed E-state index contributed by atoms with van der Waals surface area (Å²) in [6.45, 7) is 4.71. The van der Waals surface area contributed by atoms with Gasteiger partial charge in [-0.3, -0.25) is 4.79 Å². The Kier molecular flexibility index (Phi) is 4.20. The van der Waals surface area contributed by atoms with Crippen LogP contribution in [0.1, 0.15) is 42.6 Å². The van der Waals surface area contributed by atoms with Gasteiger partial charge in [0.15, 0.2) is 11.6 Å². The van der Waals surface area contributed by atoms with E-state index >= 15 is 8.78 Å². The Bertz CT molecular complexity index is 1050. The quantitative estimate of drug-likeness (QED) is 0.632. The van der Waals surface area contributed by atoms with Crippen LogP contribution in [0.4, 0.5) is 14.5 Å². The number of anilines is 1. The normalized spacial score (nSPS) is 23.8. The van der Waals surface area contributed by atoms with E-state index in [-0.39, 0.29) is 34.2 Å². The van der Waals surface area contributed by atoms with Crippen molar-refractivity contribution in [3.63, 3.8) is 0 Å². The van der Waals surface area contributed by atoms with Crippen LogP contribution in [0.15, 0.2) is 11.0 Å². The van der Waals surface area contributed by atoms with Gasteiger partial charge in [-0.25, -0.2) is 13.6 Å². The Morgan fingerprint density at radius 2 is 2.00 bits per heavy atom. The summed E-state index contributed by atoms with van der Waals surface area (Å²) in [4.78, 5) is 28.3. The van der Waals surface area contributed by atoms with Gasteiger partial charge in [0.2, 0.25) is 5.43 Å². The van der Waals surface area contributed by atoms with Gasteiger partial charge in [0.25, 0.3) is 0 Å². The highest BCUT2D eigenvalue weighted by atomic mass is 19.1. The van der Waals surface area contributed by atoms with Crippen molar-refractivity contribution in [1.29, 1.82) is 0 Å². The van der Waals surface area contributed by atoms with Crippen molar-refractivity contribution < 1.29 is 18.7 Å². The van der Waals surface area contributed by atoms with E-state index in [1.807, 2.05) is 13.8 Å². The molecule has 9 heteroatoms. The summed E-state index contributed by atoms with van der Waals surface area (Å²) in [5, 5.41) is 12.2. The molecule has 5 N–H and O–H groups in total. The fourth-order valence-corrected chi connectivity index (χ4v) is 3.98. The van der Waals surface area contributed by atoms with Crippen LogP contribution in [-0.4, -0.2) is 41.2 Å². The highest BCUT2D eigenvalue weighted by Crippen LogP contribution is 2.48. The van der Waals surface area contributed by atoms with E-state index in [1.165, 1.54) is 0 Å². The molecule has 150 valence electrons. The summed E-state index contributed by atoms with van der Waals surface area (Å²) in [5.41, 5.74) is 3.11. The number of fused-ring (bicyclic) bond motifs is 1. The molecule has 2 unspecified atom stereocenters. The number of piperazine rings is 1. The molecular formula is C19H22F2N4O3. The first-order valence-corrected chi connectivity index (χ1v) is 9.24. The number of H-pyrrole nitrogens is 1. The molecule has 2 aliphatic rings. The first kappa shape index (κ1) is 18.8. The van der Waals surface area contributed by atoms with Crippen molar-refractivity contribution in [2.45, 2.75) is 44.3 Å². The smallest absolute Gasteiger partial charge is 0.341 e. The monoisotopic (exact) mass is 392 g/mol. The highest BCUT2D eigenvalue weighted by Gasteiger charge is 2.46. The molecule has 2 aromatic rings. The molecule has 2 fully saturated rings. The number of aromatic carboxylic acids is 1. The summed E-state index contributed by atoms with van der Waals surface area (Å²) >= 11 is 0. The van der Waals surface area contributed by atoms with Gasteiger partial charge in [0.05, 0.1) is 10.9 Å². The average Bonchev–Trinajstić information content (AvgIpc) is 3.36. The van der Waals surface area contributed by atoms with E-state index < -0.39 is 34.1 Å². The minimum absolute atomic E-state index is 0.0235. The van der Waals surface area contributed by atoms with Gasteiger partial charge in [-0.2, -0.15) is 0 Å². The number of hydrogen-bond donors (Lipinski definition) is 4. The molecule has 0 amide bonds. The number of rotatable bonds is 3. The minimum Gasteiger partial charge on any atom is -0.477 e. The van der Waals surface area contributed by atoms with E-state index in [0.717, 1.165) is 6.20 Å². The zero-order chi connectivity index (χ0) is 20.4. The topological polar surface area (TPSA) is 111 Å². The summed E-state index contributed by atoms with van der Waals surface area (Å²) in [5.74, 6) is -3.25. The first-order chi connectivity index (χ1) is 13.2. The highest BCUT2D eigenvalue weighted by molar-refractivity contribution is 5.95. The van der Waals surface area contributed by atoms with Crippen LogP contribution in [0, 0.1) is 11.6 Å². The maximum atomic E-state index is 15.7. The molecule has 1 aliphatic carbocycles. The largest absolute Gasteiger partial charge is 0.477 e. The number of aromatic amines is 1. The lowest BCUT2D eigenvalue weighted by atomic mass is 9.95. The van der Waals surface area contributed by atoms with Crippen molar-refractivity contribution >= 4 is 22.6 Å². The SMILES string of the molecule is CC1CN(c2c(F)c(C3(N)CC3)c3c(=O)c(C(=O)O)c[nH]c3c2F)C(C)CN1. The Balaban J connectivity index is 2.08. The van der Waals surface area contributed by atoms with E-state index in [1.54, 1.807) is 4.90 Å². The van der Waals surface area contributed by atoms with Gasteiger partial charge in [-0.15, -0.1) is 0 Å². The second-order valence-electron chi connectivity index (χ2n) is 7.91. The molecule has 7 nitrogen and oxygen atoms in total. The molecule has 1 saturated heterocycles. The molecule has 0 bridgehead atoms. The van der Waals surface area contributed by atoms with Gasteiger partial charge >= 0.3 is 5.97 Å². The third-order valence-corrected chi connectivity index (χ3v) is 5.76. The Labute approximate surface area is 159 Å². The zero-order valence-corrected chi connectivity index (χ0v) is 15.6. The number of nitrogens with one attached hydrogen (secondary N) is 2. The number of halogens is 2. The third kappa shape index (κ3) is 2.68.